The summed E-state index contributed by atoms with van der Waals surface area (Å²) in [4.78, 5) is 12.2. The minimum Gasteiger partial charge on any atom is -0.451 e. The first-order chi connectivity index (χ1) is 13.3. The maximum atomic E-state index is 13.7. The van der Waals surface area contributed by atoms with Gasteiger partial charge in [-0.1, -0.05) is 17.7 Å². The van der Waals surface area contributed by atoms with Gasteiger partial charge in [-0.2, -0.15) is 8.78 Å². The van der Waals surface area contributed by atoms with Gasteiger partial charge in [0.05, 0.1) is 0 Å². The molecule has 3 nitrogen and oxygen atoms in total. The molecule has 0 fully saturated rings. The molecular weight excluding hydrogens is 405 g/mol. The number of benzene rings is 3. The highest BCUT2D eigenvalue weighted by Gasteiger charge is 2.27. The van der Waals surface area contributed by atoms with E-state index in [0.717, 1.165) is 6.07 Å². The maximum absolute atomic E-state index is 13.7. The molecule has 1 amide bonds. The first-order valence-corrected chi connectivity index (χ1v) is 8.02. The summed E-state index contributed by atoms with van der Waals surface area (Å²) in [5.74, 6) is -13.0. The van der Waals surface area contributed by atoms with Crippen LogP contribution in [0.2, 0.25) is 5.02 Å². The Bertz CT molecular complexity index is 1030. The van der Waals surface area contributed by atoms with Crippen LogP contribution in [0.15, 0.2) is 48.5 Å². The monoisotopic (exact) mass is 413 g/mol. The second-order valence-electron chi connectivity index (χ2n) is 5.49. The summed E-state index contributed by atoms with van der Waals surface area (Å²) in [6.45, 7) is 0. The van der Waals surface area contributed by atoms with Gasteiger partial charge in [0.1, 0.15) is 5.75 Å². The lowest BCUT2D eigenvalue weighted by atomic mass is 10.2. The molecule has 0 aliphatic heterocycles. The zero-order valence-electron chi connectivity index (χ0n) is 13.7. The van der Waals surface area contributed by atoms with Crippen LogP contribution in [0.4, 0.5) is 27.6 Å². The van der Waals surface area contributed by atoms with Crippen molar-refractivity contribution in [1.29, 1.82) is 0 Å². The summed E-state index contributed by atoms with van der Waals surface area (Å²) in [6, 6.07) is 11.2. The van der Waals surface area contributed by atoms with Crippen LogP contribution in [0.5, 0.6) is 11.5 Å². The van der Waals surface area contributed by atoms with Gasteiger partial charge in [0.2, 0.25) is 34.8 Å². The van der Waals surface area contributed by atoms with Gasteiger partial charge in [-0.05, 0) is 36.4 Å². The van der Waals surface area contributed by atoms with E-state index in [1.165, 1.54) is 42.5 Å². The third kappa shape index (κ3) is 3.91. The van der Waals surface area contributed by atoms with E-state index in [-0.39, 0.29) is 17.0 Å². The van der Waals surface area contributed by atoms with Crippen LogP contribution in [0, 0.1) is 29.1 Å². The van der Waals surface area contributed by atoms with E-state index in [0.29, 0.717) is 5.02 Å². The highest BCUT2D eigenvalue weighted by Crippen LogP contribution is 2.33. The number of rotatable bonds is 4. The van der Waals surface area contributed by atoms with Crippen LogP contribution in [0.3, 0.4) is 0 Å². The standard InChI is InChI=1S/C19H9ClF5NO2/c20-10-6-4-9(5-7-10)19(27)26-11-2-1-3-12(8-11)28-18-16(24)14(22)13(21)15(23)17(18)25/h1-8H,(H,26,27). The molecule has 9 heteroatoms. The van der Waals surface area contributed by atoms with Crippen molar-refractivity contribution in [2.45, 2.75) is 0 Å². The fourth-order valence-electron chi connectivity index (χ4n) is 2.23. The average molecular weight is 414 g/mol. The summed E-state index contributed by atoms with van der Waals surface area (Å²) < 4.78 is 71.9. The number of ether oxygens (including phenoxy) is 1. The van der Waals surface area contributed by atoms with E-state index in [1.54, 1.807) is 0 Å². The Morgan fingerprint density at radius 3 is 2.00 bits per heavy atom. The summed E-state index contributed by atoms with van der Waals surface area (Å²) in [6.07, 6.45) is 0. The van der Waals surface area contributed by atoms with Crippen LogP contribution in [-0.4, -0.2) is 5.91 Å². The van der Waals surface area contributed by atoms with Gasteiger partial charge >= 0.3 is 0 Å². The molecule has 144 valence electrons. The molecule has 0 aliphatic carbocycles. The number of anilines is 1. The highest BCUT2D eigenvalue weighted by atomic mass is 35.5. The van der Waals surface area contributed by atoms with E-state index in [9.17, 15) is 26.7 Å². The van der Waals surface area contributed by atoms with Gasteiger partial charge in [0.15, 0.2) is 0 Å². The van der Waals surface area contributed by atoms with Crippen LogP contribution in [-0.2, 0) is 0 Å². The number of carbonyl (C=O) groups excluding carboxylic acids is 1. The van der Waals surface area contributed by atoms with Crippen molar-refractivity contribution >= 4 is 23.2 Å². The second-order valence-corrected chi connectivity index (χ2v) is 5.93. The number of hydrogen-bond acceptors (Lipinski definition) is 2. The smallest absolute Gasteiger partial charge is 0.255 e. The lowest BCUT2D eigenvalue weighted by Gasteiger charge is -2.11. The van der Waals surface area contributed by atoms with E-state index >= 15 is 0 Å². The van der Waals surface area contributed by atoms with E-state index < -0.39 is 40.7 Å². The molecule has 28 heavy (non-hydrogen) atoms. The molecule has 0 aromatic heterocycles. The number of nitrogens with one attached hydrogen (secondary N) is 1. The highest BCUT2D eigenvalue weighted by molar-refractivity contribution is 6.30. The van der Waals surface area contributed by atoms with Gasteiger partial charge in [-0.15, -0.1) is 0 Å². The SMILES string of the molecule is O=C(Nc1cccc(Oc2c(F)c(F)c(F)c(F)c2F)c1)c1ccc(Cl)cc1. The molecule has 0 bridgehead atoms. The van der Waals surface area contributed by atoms with Crippen LogP contribution in [0.1, 0.15) is 10.4 Å². The summed E-state index contributed by atoms with van der Waals surface area (Å²) in [7, 11) is 0. The zero-order valence-corrected chi connectivity index (χ0v) is 14.5. The Morgan fingerprint density at radius 1 is 0.821 bits per heavy atom. The molecule has 0 atom stereocenters. The molecule has 0 unspecified atom stereocenters. The van der Waals surface area contributed by atoms with E-state index in [1.807, 2.05) is 0 Å². The van der Waals surface area contributed by atoms with Gasteiger partial charge in [-0.25, -0.2) is 13.2 Å². The van der Waals surface area contributed by atoms with E-state index in [2.05, 4.69) is 5.32 Å². The Kier molecular flexibility index (Phi) is 5.51. The number of halogens is 6. The molecule has 3 rings (SSSR count). The van der Waals surface area contributed by atoms with Crippen LogP contribution in [0.25, 0.3) is 0 Å². The molecule has 0 saturated carbocycles. The Morgan fingerprint density at radius 2 is 1.39 bits per heavy atom. The van der Waals surface area contributed by atoms with Gasteiger partial charge < -0.3 is 10.1 Å². The summed E-state index contributed by atoms with van der Waals surface area (Å²) in [5, 5.41) is 2.95. The fraction of sp³-hybridized carbons (Fsp3) is 0. The van der Waals surface area contributed by atoms with Gasteiger partial charge in [0.25, 0.3) is 5.91 Å². The Balaban J connectivity index is 1.85. The van der Waals surface area contributed by atoms with Crippen molar-refractivity contribution in [3.05, 3.63) is 88.2 Å². The van der Waals surface area contributed by atoms with Crippen molar-refractivity contribution in [2.75, 3.05) is 5.32 Å². The normalized spacial score (nSPS) is 10.6. The molecule has 0 saturated heterocycles. The topological polar surface area (TPSA) is 38.3 Å². The molecule has 1 N–H and O–H groups in total. The number of amides is 1. The first-order valence-electron chi connectivity index (χ1n) is 7.64. The maximum Gasteiger partial charge on any atom is 0.255 e. The molecule has 3 aromatic carbocycles. The molecule has 0 aliphatic rings. The van der Waals surface area contributed by atoms with Gasteiger partial charge in [0, 0.05) is 22.3 Å². The molecule has 0 radical (unpaired) electrons. The summed E-state index contributed by atoms with van der Waals surface area (Å²) >= 11 is 5.75. The predicted octanol–water partition coefficient (Wildman–Crippen LogP) is 6.08. The lowest BCUT2D eigenvalue weighted by Crippen LogP contribution is -2.11. The Hall–Kier alpha value is -3.13. The van der Waals surface area contributed by atoms with Crippen LogP contribution < -0.4 is 10.1 Å². The average Bonchev–Trinajstić information content (AvgIpc) is 2.69. The third-order valence-corrected chi connectivity index (χ3v) is 3.84. The predicted molar refractivity (Wildman–Crippen MR) is 92.2 cm³/mol. The first kappa shape index (κ1) is 19.6. The van der Waals surface area contributed by atoms with E-state index in [4.69, 9.17) is 16.3 Å². The molecule has 0 heterocycles. The van der Waals surface area contributed by atoms with Crippen molar-refractivity contribution in [3.63, 3.8) is 0 Å². The molecular formula is C19H9ClF5NO2. The van der Waals surface area contributed by atoms with Gasteiger partial charge in [-0.3, -0.25) is 4.79 Å². The quantitative estimate of drug-likeness (QED) is 0.320. The Labute approximate surface area is 160 Å². The molecule has 0 spiro atoms. The fourth-order valence-corrected chi connectivity index (χ4v) is 2.36. The number of carbonyl (C=O) groups is 1. The summed E-state index contributed by atoms with van der Waals surface area (Å²) in [5.41, 5.74) is 0.455. The number of hydrogen-bond donors (Lipinski definition) is 1. The largest absolute Gasteiger partial charge is 0.451 e. The van der Waals surface area contributed by atoms with Crippen molar-refractivity contribution < 1.29 is 31.5 Å². The molecule has 3 aromatic rings. The third-order valence-electron chi connectivity index (χ3n) is 3.59. The zero-order chi connectivity index (χ0) is 20.4. The minimum atomic E-state index is -2.29. The van der Waals surface area contributed by atoms with Crippen molar-refractivity contribution in [2.24, 2.45) is 0 Å². The van der Waals surface area contributed by atoms with Crippen molar-refractivity contribution in [1.82, 2.24) is 0 Å². The van der Waals surface area contributed by atoms with Crippen LogP contribution >= 0.6 is 11.6 Å². The van der Waals surface area contributed by atoms with Crippen molar-refractivity contribution in [3.8, 4) is 11.5 Å². The lowest BCUT2D eigenvalue weighted by molar-refractivity contribution is 0.102. The minimum absolute atomic E-state index is 0.168. The second kappa shape index (κ2) is 7.85.